The lowest BCUT2D eigenvalue weighted by Gasteiger charge is -2.22. The monoisotopic (exact) mass is 435 g/mol. The van der Waals surface area contributed by atoms with Gasteiger partial charge >= 0.3 is 0 Å². The molecule has 30 heavy (non-hydrogen) atoms. The number of benzene rings is 1. The van der Waals surface area contributed by atoms with Crippen LogP contribution in [0.4, 0.5) is 10.2 Å². The summed E-state index contributed by atoms with van der Waals surface area (Å²) in [4.78, 5) is 19.5. The lowest BCUT2D eigenvalue weighted by molar-refractivity contribution is -0.117. The van der Waals surface area contributed by atoms with Crippen molar-refractivity contribution in [2.45, 2.75) is 30.8 Å². The van der Waals surface area contributed by atoms with Crippen LogP contribution in [0.2, 0.25) is 5.02 Å². The average Bonchev–Trinajstić information content (AvgIpc) is 3.30. The first-order valence-electron chi connectivity index (χ1n) is 9.24. The second-order valence-electron chi connectivity index (χ2n) is 7.17. The van der Waals surface area contributed by atoms with Gasteiger partial charge in [-0.05, 0) is 24.1 Å². The van der Waals surface area contributed by atoms with Crippen molar-refractivity contribution in [1.82, 2.24) is 19.7 Å². The van der Waals surface area contributed by atoms with Crippen LogP contribution in [-0.4, -0.2) is 59.9 Å². The number of hydrogen-bond acceptors (Lipinski definition) is 7. The van der Waals surface area contributed by atoms with E-state index in [1.54, 1.807) is 24.3 Å². The lowest BCUT2D eigenvalue weighted by atomic mass is 9.92. The Kier molecular flexibility index (Phi) is 5.65. The van der Waals surface area contributed by atoms with E-state index in [0.29, 0.717) is 21.6 Å². The SMILES string of the molecule is O=C(CF)Nc1ncnc2c1cnn2[C@@H]1C[C@H](C(O)c2ccc(Cl)cc2)[C@@H](O)[C@H]1O. The summed E-state index contributed by atoms with van der Waals surface area (Å²) < 4.78 is 14.0. The molecular formula is C19H19ClFN5O4. The first kappa shape index (κ1) is 20.6. The third-order valence-corrected chi connectivity index (χ3v) is 5.65. The summed E-state index contributed by atoms with van der Waals surface area (Å²) in [6.45, 7) is -1.20. The quantitative estimate of drug-likeness (QED) is 0.476. The van der Waals surface area contributed by atoms with E-state index in [4.69, 9.17) is 11.6 Å². The molecule has 5 atom stereocenters. The number of amides is 1. The molecule has 0 spiro atoms. The zero-order valence-electron chi connectivity index (χ0n) is 15.6. The fourth-order valence-electron chi connectivity index (χ4n) is 3.88. The Balaban J connectivity index is 1.63. The van der Waals surface area contributed by atoms with Crippen LogP contribution in [0.5, 0.6) is 0 Å². The zero-order valence-corrected chi connectivity index (χ0v) is 16.3. The molecular weight excluding hydrogens is 417 g/mol. The number of nitrogens with one attached hydrogen (secondary N) is 1. The van der Waals surface area contributed by atoms with Crippen LogP contribution < -0.4 is 5.32 Å². The van der Waals surface area contributed by atoms with Gasteiger partial charge < -0.3 is 20.6 Å². The number of aliphatic hydroxyl groups excluding tert-OH is 3. The van der Waals surface area contributed by atoms with Gasteiger partial charge in [0.2, 0.25) is 0 Å². The van der Waals surface area contributed by atoms with E-state index in [1.165, 1.54) is 17.2 Å². The number of aromatic nitrogens is 4. The topological polar surface area (TPSA) is 133 Å². The van der Waals surface area contributed by atoms with Crippen molar-refractivity contribution in [2.75, 3.05) is 12.0 Å². The first-order chi connectivity index (χ1) is 14.4. The molecule has 0 radical (unpaired) electrons. The highest BCUT2D eigenvalue weighted by Gasteiger charge is 2.46. The van der Waals surface area contributed by atoms with E-state index in [0.717, 1.165) is 0 Å². The minimum Gasteiger partial charge on any atom is -0.390 e. The van der Waals surface area contributed by atoms with Crippen molar-refractivity contribution in [1.29, 1.82) is 0 Å². The van der Waals surface area contributed by atoms with Crippen molar-refractivity contribution < 1.29 is 24.5 Å². The maximum Gasteiger partial charge on any atom is 0.256 e. The van der Waals surface area contributed by atoms with Crippen LogP contribution in [-0.2, 0) is 4.79 Å². The maximum absolute atomic E-state index is 12.5. The molecule has 2 aromatic heterocycles. The second-order valence-corrected chi connectivity index (χ2v) is 7.61. The standard InChI is InChI=1S/C19H19ClFN5O4/c20-10-3-1-9(2-4-10)15(28)11-5-13(17(30)16(11)29)26-19-12(7-24-26)18(22-8-23-19)25-14(27)6-21/h1-4,7-8,11,13,15-17,28-30H,5-6H2,(H,22,23,25,27)/t11-,13-,15?,16-,17+/m1/s1. The molecule has 2 heterocycles. The normalized spacial score (nSPS) is 24.8. The predicted octanol–water partition coefficient (Wildman–Crippen LogP) is 1.40. The summed E-state index contributed by atoms with van der Waals surface area (Å²) in [6.07, 6.45) is -0.629. The third-order valence-electron chi connectivity index (χ3n) is 5.40. The number of hydrogen-bond donors (Lipinski definition) is 4. The Bertz CT molecular complexity index is 1060. The number of rotatable bonds is 5. The highest BCUT2D eigenvalue weighted by molar-refractivity contribution is 6.30. The van der Waals surface area contributed by atoms with Gasteiger partial charge in [0.1, 0.15) is 18.2 Å². The third kappa shape index (κ3) is 3.63. The molecule has 1 aromatic carbocycles. The smallest absolute Gasteiger partial charge is 0.256 e. The van der Waals surface area contributed by atoms with E-state index >= 15 is 0 Å². The van der Waals surface area contributed by atoms with Crippen LogP contribution in [0.3, 0.4) is 0 Å². The van der Waals surface area contributed by atoms with Gasteiger partial charge in [-0.3, -0.25) is 4.79 Å². The number of fused-ring (bicyclic) bond motifs is 1. The molecule has 1 fully saturated rings. The molecule has 3 aromatic rings. The van der Waals surface area contributed by atoms with Crippen molar-refractivity contribution in [3.63, 3.8) is 0 Å². The Morgan fingerprint density at radius 1 is 1.27 bits per heavy atom. The molecule has 4 N–H and O–H groups in total. The Hall–Kier alpha value is -2.66. The van der Waals surface area contributed by atoms with Gasteiger partial charge in [-0.15, -0.1) is 0 Å². The molecule has 1 aliphatic carbocycles. The summed E-state index contributed by atoms with van der Waals surface area (Å²) in [5, 5.41) is 39.4. The Labute approximate surface area is 175 Å². The Morgan fingerprint density at radius 2 is 2.00 bits per heavy atom. The van der Waals surface area contributed by atoms with Crippen molar-refractivity contribution in [3.8, 4) is 0 Å². The molecule has 0 bridgehead atoms. The zero-order chi connectivity index (χ0) is 21.4. The van der Waals surface area contributed by atoms with Crippen LogP contribution in [0.1, 0.15) is 24.1 Å². The number of aliphatic hydroxyl groups is 3. The van der Waals surface area contributed by atoms with Crippen molar-refractivity contribution >= 4 is 34.4 Å². The van der Waals surface area contributed by atoms with Gasteiger partial charge in [0.25, 0.3) is 5.91 Å². The number of carbonyl (C=O) groups is 1. The summed E-state index contributed by atoms with van der Waals surface area (Å²) in [5.74, 6) is -1.41. The molecule has 4 rings (SSSR count). The van der Waals surface area contributed by atoms with Crippen LogP contribution in [0, 0.1) is 5.92 Å². The van der Waals surface area contributed by atoms with Crippen molar-refractivity contribution in [3.05, 3.63) is 47.4 Å². The second kappa shape index (κ2) is 8.23. The van der Waals surface area contributed by atoms with Gasteiger partial charge in [-0.2, -0.15) is 5.10 Å². The van der Waals surface area contributed by atoms with E-state index in [-0.39, 0.29) is 12.2 Å². The number of carbonyl (C=O) groups excluding carboxylic acids is 1. The molecule has 1 aliphatic rings. The minimum absolute atomic E-state index is 0.0969. The number of halogens is 2. The Morgan fingerprint density at radius 3 is 2.70 bits per heavy atom. The first-order valence-corrected chi connectivity index (χ1v) is 9.62. The maximum atomic E-state index is 12.5. The van der Waals surface area contributed by atoms with Gasteiger partial charge in [-0.25, -0.2) is 19.0 Å². The van der Waals surface area contributed by atoms with Crippen molar-refractivity contribution in [2.24, 2.45) is 5.92 Å². The summed E-state index contributed by atoms with van der Waals surface area (Å²) in [7, 11) is 0. The van der Waals surface area contributed by atoms with Gasteiger partial charge in [-0.1, -0.05) is 23.7 Å². The molecule has 1 saturated carbocycles. The average molecular weight is 436 g/mol. The summed E-state index contributed by atoms with van der Waals surface area (Å²) in [6, 6.07) is 5.93. The lowest BCUT2D eigenvalue weighted by Crippen LogP contribution is -2.31. The van der Waals surface area contributed by atoms with Crippen LogP contribution in [0.25, 0.3) is 11.0 Å². The summed E-state index contributed by atoms with van der Waals surface area (Å²) >= 11 is 5.89. The number of alkyl halides is 1. The number of nitrogens with zero attached hydrogens (tertiary/aromatic N) is 4. The van der Waals surface area contributed by atoms with Crippen LogP contribution in [0.15, 0.2) is 36.8 Å². The predicted molar refractivity (Wildman–Crippen MR) is 105 cm³/mol. The highest BCUT2D eigenvalue weighted by atomic mass is 35.5. The number of anilines is 1. The van der Waals surface area contributed by atoms with Gasteiger partial charge in [0.15, 0.2) is 12.3 Å². The van der Waals surface area contributed by atoms with Gasteiger partial charge in [0.05, 0.1) is 29.8 Å². The fourth-order valence-corrected chi connectivity index (χ4v) is 4.00. The van der Waals surface area contributed by atoms with E-state index in [2.05, 4.69) is 20.4 Å². The van der Waals surface area contributed by atoms with Gasteiger partial charge in [0, 0.05) is 10.9 Å². The van der Waals surface area contributed by atoms with Crippen LogP contribution >= 0.6 is 11.6 Å². The largest absolute Gasteiger partial charge is 0.390 e. The molecule has 1 amide bonds. The fraction of sp³-hybridized carbons (Fsp3) is 0.368. The molecule has 11 heteroatoms. The van der Waals surface area contributed by atoms with E-state index in [1.807, 2.05) is 0 Å². The summed E-state index contributed by atoms with van der Waals surface area (Å²) in [5.41, 5.74) is 0.872. The molecule has 0 saturated heterocycles. The minimum atomic E-state index is -1.21. The van der Waals surface area contributed by atoms with E-state index < -0.39 is 42.9 Å². The molecule has 1 unspecified atom stereocenters. The molecule has 0 aliphatic heterocycles. The molecule has 9 nitrogen and oxygen atoms in total. The molecule has 158 valence electrons. The highest BCUT2D eigenvalue weighted by Crippen LogP contribution is 2.42. The van der Waals surface area contributed by atoms with E-state index in [9.17, 15) is 24.5 Å².